The van der Waals surface area contributed by atoms with Gasteiger partial charge < -0.3 is 4.74 Å². The van der Waals surface area contributed by atoms with Gasteiger partial charge in [-0.25, -0.2) is 0 Å². The van der Waals surface area contributed by atoms with Gasteiger partial charge in [-0.05, 0) is 24.3 Å². The molecule has 1 aromatic carbocycles. The Balaban J connectivity index is 1.77. The molecular weight excluding hydrogens is 300 g/mol. The van der Waals surface area contributed by atoms with Crippen molar-refractivity contribution >= 4 is 10.2 Å². The van der Waals surface area contributed by atoms with Crippen molar-refractivity contribution in [2.24, 2.45) is 0 Å². The van der Waals surface area contributed by atoms with E-state index in [-0.39, 0.29) is 0 Å². The Morgan fingerprint density at radius 2 is 1.68 bits per heavy atom. The Morgan fingerprint density at radius 3 is 2.41 bits per heavy atom. The summed E-state index contributed by atoms with van der Waals surface area (Å²) >= 11 is 0. The molecule has 1 aromatic rings. The summed E-state index contributed by atoms with van der Waals surface area (Å²) in [7, 11) is -3.36. The predicted octanol–water partition coefficient (Wildman–Crippen LogP) is 1.83. The summed E-state index contributed by atoms with van der Waals surface area (Å²) in [5, 5.41) is 0. The zero-order chi connectivity index (χ0) is 15.4. The second-order valence-electron chi connectivity index (χ2n) is 5.98. The molecule has 0 bridgehead atoms. The maximum atomic E-state index is 12.9. The summed E-state index contributed by atoms with van der Waals surface area (Å²) in [6, 6.07) is 10.3. The lowest BCUT2D eigenvalue weighted by atomic mass is 9.95. The van der Waals surface area contributed by atoms with Crippen LogP contribution < -0.4 is 0 Å². The van der Waals surface area contributed by atoms with E-state index in [1.165, 1.54) is 5.56 Å². The van der Waals surface area contributed by atoms with Crippen LogP contribution in [0.4, 0.5) is 0 Å². The van der Waals surface area contributed by atoms with Gasteiger partial charge in [0.25, 0.3) is 10.2 Å². The van der Waals surface area contributed by atoms with Crippen LogP contribution in [0.15, 0.2) is 30.3 Å². The molecular formula is C16H24N2O3S. The number of morpholine rings is 1. The van der Waals surface area contributed by atoms with E-state index in [1.807, 2.05) is 18.2 Å². The molecule has 1 atom stereocenters. The number of nitrogens with zero attached hydrogens (tertiary/aromatic N) is 2. The largest absolute Gasteiger partial charge is 0.379 e. The first-order valence-corrected chi connectivity index (χ1v) is 9.45. The van der Waals surface area contributed by atoms with Crippen LogP contribution in [-0.2, 0) is 14.9 Å². The minimum absolute atomic E-state index is 0.291. The number of ether oxygens (including phenoxy) is 1. The second-order valence-corrected chi connectivity index (χ2v) is 7.91. The molecule has 0 aliphatic carbocycles. The first kappa shape index (κ1) is 15.9. The van der Waals surface area contributed by atoms with Crippen molar-refractivity contribution in [2.45, 2.75) is 25.2 Å². The smallest absolute Gasteiger partial charge is 0.282 e. The SMILES string of the molecule is O=S(=O)(N1CCOCC1)N1CCCCC(c2ccccc2)C1. The third-order valence-electron chi connectivity index (χ3n) is 4.53. The van der Waals surface area contributed by atoms with Crippen molar-refractivity contribution in [1.82, 2.24) is 8.61 Å². The topological polar surface area (TPSA) is 49.9 Å². The van der Waals surface area contributed by atoms with Crippen LogP contribution in [-0.4, -0.2) is 56.4 Å². The molecule has 0 saturated carbocycles. The Kier molecular flexibility index (Phi) is 5.13. The number of benzene rings is 1. The Hall–Kier alpha value is -0.950. The fraction of sp³-hybridized carbons (Fsp3) is 0.625. The van der Waals surface area contributed by atoms with E-state index in [2.05, 4.69) is 12.1 Å². The highest BCUT2D eigenvalue weighted by Gasteiger charge is 2.33. The van der Waals surface area contributed by atoms with Crippen LogP contribution in [0.3, 0.4) is 0 Å². The molecule has 5 nitrogen and oxygen atoms in total. The average molecular weight is 324 g/mol. The van der Waals surface area contributed by atoms with E-state index >= 15 is 0 Å². The molecule has 122 valence electrons. The fourth-order valence-electron chi connectivity index (χ4n) is 3.25. The molecule has 3 rings (SSSR count). The Labute approximate surface area is 133 Å². The van der Waals surface area contributed by atoms with Gasteiger partial charge >= 0.3 is 0 Å². The maximum absolute atomic E-state index is 12.9. The summed E-state index contributed by atoms with van der Waals surface area (Å²) in [4.78, 5) is 0. The normalized spacial score (nSPS) is 25.7. The fourth-order valence-corrected chi connectivity index (χ4v) is 4.92. The molecule has 0 aromatic heterocycles. The summed E-state index contributed by atoms with van der Waals surface area (Å²) in [5.74, 6) is 0.291. The first-order valence-electron chi connectivity index (χ1n) is 8.06. The van der Waals surface area contributed by atoms with Gasteiger partial charge in [0.1, 0.15) is 0 Å². The van der Waals surface area contributed by atoms with Crippen LogP contribution in [0.1, 0.15) is 30.7 Å². The molecule has 6 heteroatoms. The molecule has 1 unspecified atom stereocenters. The van der Waals surface area contributed by atoms with Crippen LogP contribution in [0.5, 0.6) is 0 Å². The Morgan fingerprint density at radius 1 is 0.955 bits per heavy atom. The van der Waals surface area contributed by atoms with Gasteiger partial charge in [0.2, 0.25) is 0 Å². The van der Waals surface area contributed by atoms with Crippen molar-refractivity contribution in [2.75, 3.05) is 39.4 Å². The summed E-state index contributed by atoms with van der Waals surface area (Å²) in [6.45, 7) is 3.14. The lowest BCUT2D eigenvalue weighted by Gasteiger charge is -2.32. The highest BCUT2D eigenvalue weighted by molar-refractivity contribution is 7.86. The van der Waals surface area contributed by atoms with E-state index in [1.54, 1.807) is 8.61 Å². The van der Waals surface area contributed by atoms with Crippen LogP contribution in [0, 0.1) is 0 Å². The predicted molar refractivity (Wildman–Crippen MR) is 85.9 cm³/mol. The van der Waals surface area contributed by atoms with Crippen molar-refractivity contribution < 1.29 is 13.2 Å². The van der Waals surface area contributed by atoms with E-state index in [9.17, 15) is 8.42 Å². The standard InChI is InChI=1S/C16H24N2O3S/c19-22(20,17-10-12-21-13-11-17)18-9-5-4-8-16(14-18)15-6-2-1-3-7-15/h1-3,6-7,16H,4-5,8-14H2. The van der Waals surface area contributed by atoms with Gasteiger partial charge in [0, 0.05) is 26.2 Å². The maximum Gasteiger partial charge on any atom is 0.282 e. The lowest BCUT2D eigenvalue weighted by Crippen LogP contribution is -2.49. The second kappa shape index (κ2) is 7.08. The molecule has 0 amide bonds. The first-order chi connectivity index (χ1) is 10.7. The van der Waals surface area contributed by atoms with Crippen LogP contribution in [0.25, 0.3) is 0 Å². The van der Waals surface area contributed by atoms with Gasteiger partial charge in [-0.2, -0.15) is 17.0 Å². The van der Waals surface area contributed by atoms with Crippen molar-refractivity contribution in [3.05, 3.63) is 35.9 Å². The average Bonchev–Trinajstić information content (AvgIpc) is 2.83. The van der Waals surface area contributed by atoms with E-state index in [0.717, 1.165) is 19.3 Å². The highest BCUT2D eigenvalue weighted by atomic mass is 32.2. The lowest BCUT2D eigenvalue weighted by molar-refractivity contribution is 0.0701. The van der Waals surface area contributed by atoms with Gasteiger partial charge in [-0.1, -0.05) is 36.8 Å². The van der Waals surface area contributed by atoms with E-state index in [4.69, 9.17) is 4.74 Å². The van der Waals surface area contributed by atoms with Crippen molar-refractivity contribution in [3.8, 4) is 0 Å². The van der Waals surface area contributed by atoms with Gasteiger partial charge in [-0.15, -0.1) is 0 Å². The van der Waals surface area contributed by atoms with Gasteiger partial charge in [0.05, 0.1) is 13.2 Å². The Bertz CT molecular complexity index is 570. The quantitative estimate of drug-likeness (QED) is 0.852. The number of rotatable bonds is 3. The molecule has 2 saturated heterocycles. The molecule has 0 radical (unpaired) electrons. The third kappa shape index (κ3) is 3.51. The highest BCUT2D eigenvalue weighted by Crippen LogP contribution is 2.28. The molecule has 2 aliphatic heterocycles. The van der Waals surface area contributed by atoms with Crippen molar-refractivity contribution in [1.29, 1.82) is 0 Å². The summed E-state index contributed by atoms with van der Waals surface area (Å²) < 4.78 is 34.3. The third-order valence-corrected chi connectivity index (χ3v) is 6.53. The molecule has 2 aliphatic rings. The van der Waals surface area contributed by atoms with E-state index in [0.29, 0.717) is 45.3 Å². The molecule has 0 spiro atoms. The zero-order valence-corrected chi connectivity index (χ0v) is 13.7. The van der Waals surface area contributed by atoms with Crippen LogP contribution >= 0.6 is 0 Å². The van der Waals surface area contributed by atoms with Crippen LogP contribution in [0.2, 0.25) is 0 Å². The molecule has 0 N–H and O–H groups in total. The summed E-state index contributed by atoms with van der Waals surface area (Å²) in [5.41, 5.74) is 1.24. The summed E-state index contributed by atoms with van der Waals surface area (Å²) in [6.07, 6.45) is 3.07. The van der Waals surface area contributed by atoms with Gasteiger partial charge in [-0.3, -0.25) is 0 Å². The van der Waals surface area contributed by atoms with Crippen molar-refractivity contribution in [3.63, 3.8) is 0 Å². The molecule has 2 heterocycles. The van der Waals surface area contributed by atoms with Gasteiger partial charge in [0.15, 0.2) is 0 Å². The zero-order valence-electron chi connectivity index (χ0n) is 12.9. The number of hydrogen-bond acceptors (Lipinski definition) is 3. The minimum Gasteiger partial charge on any atom is -0.379 e. The molecule has 2 fully saturated rings. The molecule has 22 heavy (non-hydrogen) atoms. The van der Waals surface area contributed by atoms with E-state index < -0.39 is 10.2 Å². The monoisotopic (exact) mass is 324 g/mol. The minimum atomic E-state index is -3.36. The number of hydrogen-bond donors (Lipinski definition) is 0.